The van der Waals surface area contributed by atoms with E-state index in [2.05, 4.69) is 26.5 Å². The first-order valence-electron chi connectivity index (χ1n) is 8.29. The fraction of sp³-hybridized carbons (Fsp3) is 0.750. The minimum atomic E-state index is 0.130. The zero-order chi connectivity index (χ0) is 15.4. The van der Waals surface area contributed by atoms with E-state index in [0.29, 0.717) is 18.4 Å². The maximum atomic E-state index is 12.1. The average Bonchev–Trinajstić information content (AvgIpc) is 3.17. The summed E-state index contributed by atoms with van der Waals surface area (Å²) in [6, 6.07) is 2.12. The van der Waals surface area contributed by atoms with Gasteiger partial charge in [0, 0.05) is 37.2 Å². The third kappa shape index (κ3) is 4.08. The molecular weight excluding hydrogens is 280 g/mol. The lowest BCUT2D eigenvalue weighted by Gasteiger charge is -2.31. The Balaban J connectivity index is 1.44. The Labute approximate surface area is 131 Å². The number of rotatable bonds is 5. The largest absolute Gasteiger partial charge is 0.381 e. The summed E-state index contributed by atoms with van der Waals surface area (Å²) < 4.78 is 5.33. The maximum Gasteiger partial charge on any atom is 0.234 e. The molecule has 0 unspecified atom stereocenters. The number of piperidine rings is 1. The molecule has 3 heterocycles. The van der Waals surface area contributed by atoms with Crippen LogP contribution in [-0.2, 0) is 9.53 Å². The van der Waals surface area contributed by atoms with E-state index < -0.39 is 0 Å². The van der Waals surface area contributed by atoms with E-state index in [4.69, 9.17) is 4.74 Å². The van der Waals surface area contributed by atoms with Crippen molar-refractivity contribution in [1.29, 1.82) is 0 Å². The predicted octanol–water partition coefficient (Wildman–Crippen LogP) is 1.05. The molecule has 2 N–H and O–H groups in total. The molecule has 0 aromatic carbocycles. The number of nitrogens with one attached hydrogen (secondary N) is 2. The highest BCUT2D eigenvalue weighted by atomic mass is 16.5. The number of hydrogen-bond donors (Lipinski definition) is 2. The van der Waals surface area contributed by atoms with Crippen LogP contribution in [0.25, 0.3) is 0 Å². The summed E-state index contributed by atoms with van der Waals surface area (Å²) >= 11 is 0. The molecule has 2 saturated heterocycles. The van der Waals surface area contributed by atoms with Gasteiger partial charge in [0.2, 0.25) is 5.91 Å². The van der Waals surface area contributed by atoms with E-state index >= 15 is 0 Å². The van der Waals surface area contributed by atoms with Gasteiger partial charge >= 0.3 is 0 Å². The van der Waals surface area contributed by atoms with Crippen molar-refractivity contribution < 1.29 is 9.53 Å². The lowest BCUT2D eigenvalue weighted by Crippen LogP contribution is -2.43. The number of amides is 1. The molecule has 0 saturated carbocycles. The number of likely N-dealkylation sites (tertiary alicyclic amines) is 1. The SMILES string of the molecule is Cc1cc([C@H]2CCCN(CC(=O)NC[C@H]3CCOC3)C2)n[nH]1. The van der Waals surface area contributed by atoms with Gasteiger partial charge in [-0.2, -0.15) is 5.10 Å². The lowest BCUT2D eigenvalue weighted by atomic mass is 9.94. The van der Waals surface area contributed by atoms with Gasteiger partial charge in [-0.1, -0.05) is 0 Å². The molecule has 2 aliphatic rings. The second-order valence-corrected chi connectivity index (χ2v) is 6.58. The van der Waals surface area contributed by atoms with Crippen molar-refractivity contribution in [2.24, 2.45) is 5.92 Å². The van der Waals surface area contributed by atoms with Crippen LogP contribution in [-0.4, -0.2) is 60.4 Å². The highest BCUT2D eigenvalue weighted by Crippen LogP contribution is 2.25. The lowest BCUT2D eigenvalue weighted by molar-refractivity contribution is -0.122. The number of carbonyl (C=O) groups is 1. The van der Waals surface area contributed by atoms with Crippen LogP contribution < -0.4 is 5.32 Å². The average molecular weight is 306 g/mol. The monoisotopic (exact) mass is 306 g/mol. The quantitative estimate of drug-likeness (QED) is 0.853. The molecule has 1 aromatic heterocycles. The Morgan fingerprint density at radius 1 is 1.55 bits per heavy atom. The summed E-state index contributed by atoms with van der Waals surface area (Å²) in [5.41, 5.74) is 2.23. The van der Waals surface area contributed by atoms with Gasteiger partial charge in [0.25, 0.3) is 0 Å². The first kappa shape index (κ1) is 15.5. The van der Waals surface area contributed by atoms with Gasteiger partial charge in [-0.25, -0.2) is 0 Å². The van der Waals surface area contributed by atoms with Crippen molar-refractivity contribution in [2.45, 2.75) is 32.1 Å². The summed E-state index contributed by atoms with van der Waals surface area (Å²) in [4.78, 5) is 14.3. The number of carbonyl (C=O) groups excluding carboxylic acids is 1. The second kappa shape index (κ2) is 7.24. The summed E-state index contributed by atoms with van der Waals surface area (Å²) in [5.74, 6) is 1.06. The Morgan fingerprint density at radius 3 is 3.18 bits per heavy atom. The molecule has 2 atom stereocenters. The molecule has 22 heavy (non-hydrogen) atoms. The van der Waals surface area contributed by atoms with Crippen molar-refractivity contribution in [3.63, 3.8) is 0 Å². The zero-order valence-electron chi connectivity index (χ0n) is 13.3. The first-order chi connectivity index (χ1) is 10.7. The molecule has 1 amide bonds. The molecule has 3 rings (SSSR count). The summed E-state index contributed by atoms with van der Waals surface area (Å²) in [7, 11) is 0. The van der Waals surface area contributed by atoms with Crippen LogP contribution in [0.15, 0.2) is 6.07 Å². The van der Waals surface area contributed by atoms with Crippen LogP contribution in [0.1, 0.15) is 36.6 Å². The van der Waals surface area contributed by atoms with Crippen LogP contribution in [0.3, 0.4) is 0 Å². The summed E-state index contributed by atoms with van der Waals surface area (Å²) in [6.07, 6.45) is 3.34. The number of nitrogens with zero attached hydrogens (tertiary/aromatic N) is 2. The van der Waals surface area contributed by atoms with Gasteiger partial charge < -0.3 is 10.1 Å². The molecule has 0 bridgehead atoms. The van der Waals surface area contributed by atoms with Crippen LogP contribution >= 0.6 is 0 Å². The van der Waals surface area contributed by atoms with Crippen LogP contribution in [0, 0.1) is 12.8 Å². The summed E-state index contributed by atoms with van der Waals surface area (Å²) in [6.45, 7) is 6.80. The van der Waals surface area contributed by atoms with Crippen LogP contribution in [0.5, 0.6) is 0 Å². The number of ether oxygens (including phenoxy) is 1. The van der Waals surface area contributed by atoms with Gasteiger partial charge in [0.1, 0.15) is 0 Å². The third-order valence-electron chi connectivity index (χ3n) is 4.63. The molecule has 0 radical (unpaired) electrons. The van der Waals surface area contributed by atoms with Crippen LogP contribution in [0.4, 0.5) is 0 Å². The highest BCUT2D eigenvalue weighted by Gasteiger charge is 2.24. The normalized spacial score (nSPS) is 26.2. The topological polar surface area (TPSA) is 70.2 Å². The third-order valence-corrected chi connectivity index (χ3v) is 4.63. The number of aryl methyl sites for hydroxylation is 1. The van der Waals surface area contributed by atoms with Gasteiger partial charge in [0.05, 0.1) is 18.8 Å². The Bertz CT molecular complexity index is 496. The maximum absolute atomic E-state index is 12.1. The molecule has 2 fully saturated rings. The molecule has 0 spiro atoms. The van der Waals surface area contributed by atoms with Gasteiger partial charge in [0.15, 0.2) is 0 Å². The van der Waals surface area contributed by atoms with Crippen molar-refractivity contribution in [3.8, 4) is 0 Å². The van der Waals surface area contributed by atoms with Gasteiger partial charge in [-0.3, -0.25) is 14.8 Å². The fourth-order valence-electron chi connectivity index (χ4n) is 3.35. The molecule has 1 aromatic rings. The van der Waals surface area contributed by atoms with Gasteiger partial charge in [-0.05, 0) is 38.8 Å². The van der Waals surface area contributed by atoms with Crippen molar-refractivity contribution in [1.82, 2.24) is 20.4 Å². The number of aromatic nitrogens is 2. The van der Waals surface area contributed by atoms with Gasteiger partial charge in [-0.15, -0.1) is 0 Å². The smallest absolute Gasteiger partial charge is 0.234 e. The molecule has 2 aliphatic heterocycles. The zero-order valence-corrected chi connectivity index (χ0v) is 13.3. The second-order valence-electron chi connectivity index (χ2n) is 6.58. The molecular formula is C16H26N4O2. The summed E-state index contributed by atoms with van der Waals surface area (Å²) in [5, 5.41) is 10.4. The van der Waals surface area contributed by atoms with E-state index in [1.807, 2.05) is 6.92 Å². The van der Waals surface area contributed by atoms with Crippen LogP contribution in [0.2, 0.25) is 0 Å². The molecule has 6 nitrogen and oxygen atoms in total. The van der Waals surface area contributed by atoms with E-state index in [9.17, 15) is 4.79 Å². The number of H-pyrrole nitrogens is 1. The highest BCUT2D eigenvalue weighted by molar-refractivity contribution is 5.78. The van der Waals surface area contributed by atoms with Crippen molar-refractivity contribution >= 4 is 5.91 Å². The minimum Gasteiger partial charge on any atom is -0.381 e. The Morgan fingerprint density at radius 2 is 2.45 bits per heavy atom. The van der Waals surface area contributed by atoms with E-state index in [1.165, 1.54) is 0 Å². The Kier molecular flexibility index (Phi) is 5.10. The first-order valence-corrected chi connectivity index (χ1v) is 8.29. The van der Waals surface area contributed by atoms with E-state index in [1.54, 1.807) is 0 Å². The number of aromatic amines is 1. The molecule has 0 aliphatic carbocycles. The van der Waals surface area contributed by atoms with E-state index in [0.717, 1.165) is 63.5 Å². The van der Waals surface area contributed by atoms with Crippen molar-refractivity contribution in [2.75, 3.05) is 39.4 Å². The standard InChI is InChI=1S/C16H26N4O2/c1-12-7-15(19-18-12)14-3-2-5-20(9-14)10-16(21)17-8-13-4-6-22-11-13/h7,13-14H,2-6,8-11H2,1H3,(H,17,21)(H,18,19)/t13-,14+/m1/s1. The van der Waals surface area contributed by atoms with E-state index in [-0.39, 0.29) is 5.91 Å². The fourth-order valence-corrected chi connectivity index (χ4v) is 3.35. The molecule has 122 valence electrons. The minimum absolute atomic E-state index is 0.130. The predicted molar refractivity (Wildman–Crippen MR) is 83.7 cm³/mol. The molecule has 6 heteroatoms. The Hall–Kier alpha value is -1.40. The van der Waals surface area contributed by atoms with Crippen molar-refractivity contribution in [3.05, 3.63) is 17.5 Å². The number of hydrogen-bond acceptors (Lipinski definition) is 4.